The number of nitrogens with one attached hydrogen (secondary N) is 1. The second-order valence-corrected chi connectivity index (χ2v) is 7.92. The van der Waals surface area contributed by atoms with Gasteiger partial charge < -0.3 is 4.98 Å². The third-order valence-electron chi connectivity index (χ3n) is 4.87. The van der Waals surface area contributed by atoms with Gasteiger partial charge in [0.05, 0.1) is 16.5 Å². The average Bonchev–Trinajstić information content (AvgIpc) is 3.38. The molecule has 5 rings (SSSR count). The highest BCUT2D eigenvalue weighted by Crippen LogP contribution is 2.40. The predicted molar refractivity (Wildman–Crippen MR) is 109 cm³/mol. The van der Waals surface area contributed by atoms with Crippen molar-refractivity contribution < 1.29 is 0 Å². The first-order valence-corrected chi connectivity index (χ1v) is 10.1. The van der Waals surface area contributed by atoms with E-state index in [4.69, 9.17) is 9.97 Å². The molecule has 2 aromatic heterocycles. The van der Waals surface area contributed by atoms with Crippen molar-refractivity contribution in [3.63, 3.8) is 0 Å². The van der Waals surface area contributed by atoms with Gasteiger partial charge in [-0.05, 0) is 30.2 Å². The maximum absolute atomic E-state index is 4.88. The fourth-order valence-electron chi connectivity index (χ4n) is 3.55. The second kappa shape index (κ2) is 6.61. The van der Waals surface area contributed by atoms with Gasteiger partial charge >= 0.3 is 0 Å². The van der Waals surface area contributed by atoms with Crippen LogP contribution in [-0.2, 0) is 0 Å². The van der Waals surface area contributed by atoms with E-state index in [0.717, 1.165) is 33.8 Å². The highest BCUT2D eigenvalue weighted by atomic mass is 32.2. The monoisotopic (exact) mass is 357 g/mol. The van der Waals surface area contributed by atoms with E-state index < -0.39 is 0 Å². The Balaban J connectivity index is 1.73. The fourth-order valence-corrected chi connectivity index (χ4v) is 4.77. The molecule has 1 unspecified atom stereocenters. The summed E-state index contributed by atoms with van der Waals surface area (Å²) in [5.74, 6) is 2.29. The van der Waals surface area contributed by atoms with Gasteiger partial charge in [-0.25, -0.2) is 9.97 Å². The summed E-state index contributed by atoms with van der Waals surface area (Å²) in [6, 6.07) is 23.0. The van der Waals surface area contributed by atoms with Crippen LogP contribution in [0.4, 0.5) is 0 Å². The molecule has 0 radical (unpaired) electrons. The van der Waals surface area contributed by atoms with E-state index in [1.807, 2.05) is 23.9 Å². The number of pyridine rings is 1. The number of aromatic nitrogens is 3. The molecule has 0 amide bonds. The molecule has 1 saturated heterocycles. The zero-order chi connectivity index (χ0) is 17.3. The number of hydrogen-bond donors (Lipinski definition) is 1. The Labute approximate surface area is 156 Å². The molecule has 26 heavy (non-hydrogen) atoms. The summed E-state index contributed by atoms with van der Waals surface area (Å²) in [6.07, 6.45) is 2.46. The summed E-state index contributed by atoms with van der Waals surface area (Å²) < 4.78 is 0. The van der Waals surface area contributed by atoms with Crippen LogP contribution in [0.1, 0.15) is 23.9 Å². The molecule has 0 saturated carbocycles. The third kappa shape index (κ3) is 2.80. The van der Waals surface area contributed by atoms with Gasteiger partial charge in [0.2, 0.25) is 0 Å². The molecule has 4 aromatic rings. The van der Waals surface area contributed by atoms with Crippen LogP contribution in [0.25, 0.3) is 33.5 Å². The Hall–Kier alpha value is -2.59. The van der Waals surface area contributed by atoms with E-state index in [1.165, 1.54) is 24.2 Å². The summed E-state index contributed by atoms with van der Waals surface area (Å²) >= 11 is 1.99. The maximum Gasteiger partial charge on any atom is 0.178 e. The zero-order valence-corrected chi connectivity index (χ0v) is 15.2. The van der Waals surface area contributed by atoms with Crippen LogP contribution < -0.4 is 0 Å². The number of fused-ring (bicyclic) bond motifs is 1. The smallest absolute Gasteiger partial charge is 0.178 e. The molecule has 1 fully saturated rings. The molecule has 0 aliphatic carbocycles. The highest BCUT2D eigenvalue weighted by Gasteiger charge is 2.22. The number of hydrogen-bond acceptors (Lipinski definition) is 3. The van der Waals surface area contributed by atoms with Crippen molar-refractivity contribution >= 4 is 22.9 Å². The zero-order valence-electron chi connectivity index (χ0n) is 14.4. The molecule has 1 aliphatic heterocycles. The normalized spacial score (nSPS) is 17.0. The molecular formula is C22H19N3S. The van der Waals surface area contributed by atoms with Crippen molar-refractivity contribution in [1.82, 2.24) is 15.0 Å². The van der Waals surface area contributed by atoms with Crippen LogP contribution in [0.2, 0.25) is 0 Å². The van der Waals surface area contributed by atoms with Crippen LogP contribution in [0.5, 0.6) is 0 Å². The van der Waals surface area contributed by atoms with Gasteiger partial charge in [-0.15, -0.1) is 0 Å². The summed E-state index contributed by atoms with van der Waals surface area (Å²) in [5.41, 5.74) is 6.29. The molecular weight excluding hydrogens is 338 g/mol. The molecule has 1 atom stereocenters. The Kier molecular flexibility index (Phi) is 3.98. The van der Waals surface area contributed by atoms with Gasteiger partial charge in [-0.1, -0.05) is 60.7 Å². The molecule has 3 nitrogen and oxygen atoms in total. The minimum Gasteiger partial charge on any atom is -0.339 e. The first-order valence-electron chi connectivity index (χ1n) is 9.01. The largest absolute Gasteiger partial charge is 0.339 e. The van der Waals surface area contributed by atoms with E-state index in [1.54, 1.807) is 0 Å². The SMILES string of the molecule is c1ccc(-c2cc(-c3ccccc3)c3[nH]c(C4CCCS4)nc3n2)cc1. The second-order valence-electron chi connectivity index (χ2n) is 6.61. The van der Waals surface area contributed by atoms with Gasteiger partial charge in [0, 0.05) is 11.1 Å². The van der Waals surface area contributed by atoms with E-state index >= 15 is 0 Å². The molecule has 1 aliphatic rings. The third-order valence-corrected chi connectivity index (χ3v) is 6.25. The molecule has 128 valence electrons. The number of thioether (sulfide) groups is 1. The van der Waals surface area contributed by atoms with Crippen molar-refractivity contribution in [3.8, 4) is 22.4 Å². The lowest BCUT2D eigenvalue weighted by Gasteiger charge is -2.07. The van der Waals surface area contributed by atoms with Gasteiger partial charge in [-0.3, -0.25) is 0 Å². The first kappa shape index (κ1) is 15.6. The van der Waals surface area contributed by atoms with Crippen LogP contribution in [-0.4, -0.2) is 20.7 Å². The number of H-pyrrole nitrogens is 1. The van der Waals surface area contributed by atoms with Gasteiger partial charge in [0.1, 0.15) is 5.82 Å². The average molecular weight is 357 g/mol. The molecule has 1 N–H and O–H groups in total. The number of rotatable bonds is 3. The number of imidazole rings is 1. The number of nitrogens with zero attached hydrogens (tertiary/aromatic N) is 2. The number of aromatic amines is 1. The van der Waals surface area contributed by atoms with Gasteiger partial charge in [0.25, 0.3) is 0 Å². The first-order chi connectivity index (χ1) is 12.9. The van der Waals surface area contributed by atoms with E-state index in [9.17, 15) is 0 Å². The lowest BCUT2D eigenvalue weighted by Crippen LogP contribution is -1.90. The van der Waals surface area contributed by atoms with E-state index in [2.05, 4.69) is 59.6 Å². The Morgan fingerprint density at radius 2 is 1.62 bits per heavy atom. The van der Waals surface area contributed by atoms with Crippen molar-refractivity contribution in [1.29, 1.82) is 0 Å². The molecule has 2 aromatic carbocycles. The van der Waals surface area contributed by atoms with Crippen LogP contribution in [0.15, 0.2) is 66.7 Å². The summed E-state index contributed by atoms with van der Waals surface area (Å²) in [7, 11) is 0. The lowest BCUT2D eigenvalue weighted by molar-refractivity contribution is 0.792. The predicted octanol–water partition coefficient (Wildman–Crippen LogP) is 5.86. The van der Waals surface area contributed by atoms with Crippen LogP contribution in [0, 0.1) is 0 Å². The Morgan fingerprint density at radius 1 is 0.885 bits per heavy atom. The van der Waals surface area contributed by atoms with E-state index in [-0.39, 0.29) is 0 Å². The van der Waals surface area contributed by atoms with Gasteiger partial charge in [0.15, 0.2) is 5.65 Å². The lowest BCUT2D eigenvalue weighted by atomic mass is 10.0. The van der Waals surface area contributed by atoms with Crippen molar-refractivity contribution in [2.24, 2.45) is 0 Å². The Bertz CT molecular complexity index is 1040. The minimum atomic E-state index is 0.466. The summed E-state index contributed by atoms with van der Waals surface area (Å²) in [6.45, 7) is 0. The van der Waals surface area contributed by atoms with Gasteiger partial charge in [-0.2, -0.15) is 11.8 Å². The summed E-state index contributed by atoms with van der Waals surface area (Å²) in [5, 5.41) is 0.466. The molecule has 4 heteroatoms. The van der Waals surface area contributed by atoms with Crippen molar-refractivity contribution in [3.05, 3.63) is 72.6 Å². The van der Waals surface area contributed by atoms with E-state index in [0.29, 0.717) is 5.25 Å². The van der Waals surface area contributed by atoms with Crippen LogP contribution in [0.3, 0.4) is 0 Å². The fraction of sp³-hybridized carbons (Fsp3) is 0.182. The summed E-state index contributed by atoms with van der Waals surface area (Å²) in [4.78, 5) is 13.3. The van der Waals surface area contributed by atoms with Crippen LogP contribution >= 0.6 is 11.8 Å². The molecule has 3 heterocycles. The Morgan fingerprint density at radius 3 is 2.31 bits per heavy atom. The number of benzene rings is 2. The quantitative estimate of drug-likeness (QED) is 0.499. The minimum absolute atomic E-state index is 0.466. The van der Waals surface area contributed by atoms with Crippen molar-refractivity contribution in [2.45, 2.75) is 18.1 Å². The molecule has 0 spiro atoms. The standard InChI is InChI=1S/C22H19N3S/c1-3-8-15(9-4-1)17-14-18(16-10-5-2-6-11-16)23-22-20(17)24-21(25-22)19-12-7-13-26-19/h1-6,8-11,14,19H,7,12-13H2,(H,23,24,25). The molecule has 0 bridgehead atoms. The van der Waals surface area contributed by atoms with Crippen molar-refractivity contribution in [2.75, 3.05) is 5.75 Å². The maximum atomic E-state index is 4.88. The topological polar surface area (TPSA) is 41.6 Å². The highest BCUT2D eigenvalue weighted by molar-refractivity contribution is 7.99.